The zero-order valence-corrected chi connectivity index (χ0v) is 23.1. The van der Waals surface area contributed by atoms with Crippen molar-refractivity contribution in [2.24, 2.45) is 0 Å². The highest BCUT2D eigenvalue weighted by Crippen LogP contribution is 2.25. The molecule has 3 rings (SSSR count). The highest BCUT2D eigenvalue weighted by molar-refractivity contribution is 14.1. The van der Waals surface area contributed by atoms with Crippen molar-refractivity contribution in [3.8, 4) is 11.3 Å². The smallest absolute Gasteiger partial charge is 0.421 e. The predicted molar refractivity (Wildman–Crippen MR) is 144 cm³/mol. The second-order valence-electron chi connectivity index (χ2n) is 7.39. The van der Waals surface area contributed by atoms with E-state index in [0.29, 0.717) is 11.0 Å². The number of benzene rings is 2. The van der Waals surface area contributed by atoms with E-state index in [0.717, 1.165) is 18.3 Å². The molecular weight excluding hydrogens is 688 g/mol. The summed E-state index contributed by atoms with van der Waals surface area (Å²) in [5.74, 6) is 0.247. The molecule has 0 amide bonds. The van der Waals surface area contributed by atoms with Gasteiger partial charge in [0.15, 0.2) is 5.78 Å². The normalized spacial score (nSPS) is 10.8. The van der Waals surface area contributed by atoms with E-state index in [9.17, 15) is 9.59 Å². The quantitative estimate of drug-likeness (QED) is 0.194. The van der Waals surface area contributed by atoms with Crippen molar-refractivity contribution in [3.63, 3.8) is 0 Å². The third kappa shape index (κ3) is 7.86. The zero-order valence-electron chi connectivity index (χ0n) is 17.2. The van der Waals surface area contributed by atoms with Gasteiger partial charge >= 0.3 is 6.09 Å². The molecule has 0 aliphatic rings. The lowest BCUT2D eigenvalue weighted by molar-refractivity contribution is 0.0543. The van der Waals surface area contributed by atoms with Crippen LogP contribution in [0.3, 0.4) is 0 Å². The molecule has 0 aliphatic heterocycles. The molecule has 31 heavy (non-hydrogen) atoms. The van der Waals surface area contributed by atoms with Crippen molar-refractivity contribution in [3.05, 3.63) is 67.4 Å². The molecule has 164 valence electrons. The first-order valence-corrected chi connectivity index (χ1v) is 12.5. The van der Waals surface area contributed by atoms with Crippen LogP contribution < -0.4 is 5.73 Å². The SMILES string of the molecule is CC(C)(C)OC(=O)n1c(-c2cccc(I)c2)cnc1N.O=C(CBr)c1cccc(I)c1. The molecule has 0 aliphatic carbocycles. The van der Waals surface area contributed by atoms with Gasteiger partial charge in [-0.25, -0.2) is 14.3 Å². The van der Waals surface area contributed by atoms with Gasteiger partial charge < -0.3 is 10.5 Å². The van der Waals surface area contributed by atoms with Crippen LogP contribution in [0.4, 0.5) is 10.7 Å². The van der Waals surface area contributed by atoms with Gasteiger partial charge in [0.1, 0.15) is 5.60 Å². The summed E-state index contributed by atoms with van der Waals surface area (Å²) < 4.78 is 8.80. The minimum Gasteiger partial charge on any atom is -0.443 e. The van der Waals surface area contributed by atoms with Crippen LogP contribution in [-0.2, 0) is 4.74 Å². The fourth-order valence-electron chi connectivity index (χ4n) is 2.46. The van der Waals surface area contributed by atoms with Crippen LogP contribution in [0.15, 0.2) is 54.7 Å². The molecule has 0 bridgehead atoms. The number of hydrogen-bond donors (Lipinski definition) is 1. The van der Waals surface area contributed by atoms with Crippen molar-refractivity contribution in [2.45, 2.75) is 26.4 Å². The Morgan fingerprint density at radius 2 is 1.71 bits per heavy atom. The third-order valence-electron chi connectivity index (χ3n) is 3.75. The first-order chi connectivity index (χ1) is 14.5. The van der Waals surface area contributed by atoms with E-state index in [1.54, 1.807) is 6.20 Å². The van der Waals surface area contributed by atoms with E-state index in [1.165, 1.54) is 4.57 Å². The second-order valence-corrected chi connectivity index (χ2v) is 10.4. The van der Waals surface area contributed by atoms with Gasteiger partial charge in [0.2, 0.25) is 5.95 Å². The number of nitrogen functional groups attached to an aromatic ring is 1. The molecule has 2 aromatic carbocycles. The van der Waals surface area contributed by atoms with Crippen molar-refractivity contribution < 1.29 is 14.3 Å². The van der Waals surface area contributed by atoms with Gasteiger partial charge in [0.25, 0.3) is 0 Å². The van der Waals surface area contributed by atoms with Gasteiger partial charge in [0.05, 0.1) is 17.2 Å². The Labute approximate surface area is 217 Å². The van der Waals surface area contributed by atoms with E-state index in [1.807, 2.05) is 69.3 Å². The lowest BCUT2D eigenvalue weighted by Gasteiger charge is -2.20. The number of nitrogens with zero attached hydrogens (tertiary/aromatic N) is 2. The summed E-state index contributed by atoms with van der Waals surface area (Å²) >= 11 is 7.52. The number of alkyl halides is 1. The number of carbonyl (C=O) groups excluding carboxylic acids is 2. The zero-order chi connectivity index (χ0) is 23.2. The van der Waals surface area contributed by atoms with E-state index in [2.05, 4.69) is 66.1 Å². The number of rotatable bonds is 3. The summed E-state index contributed by atoms with van der Waals surface area (Å²) in [6, 6.07) is 15.3. The summed E-state index contributed by atoms with van der Waals surface area (Å²) in [5.41, 5.74) is 7.46. The van der Waals surface area contributed by atoms with E-state index < -0.39 is 11.7 Å². The van der Waals surface area contributed by atoms with Gasteiger partial charge in [-0.15, -0.1) is 0 Å². The fraction of sp³-hybridized carbons (Fsp3) is 0.227. The minimum absolute atomic E-state index is 0.119. The summed E-state index contributed by atoms with van der Waals surface area (Å²) in [6.45, 7) is 5.43. The first kappa shape index (κ1) is 25.8. The highest BCUT2D eigenvalue weighted by atomic mass is 127. The number of halogens is 3. The molecular formula is C22H22BrI2N3O3. The standard InChI is InChI=1S/C14H16IN3O2.C8H6BrIO/c1-14(2,3)20-13(19)18-11(8-17-12(18)16)9-5-4-6-10(15)7-9;9-5-8(11)6-2-1-3-7(10)4-6/h4-8H,1-3H3,(H2,16,17);1-4H,5H2. The van der Waals surface area contributed by atoms with Crippen LogP contribution >= 0.6 is 61.1 Å². The number of anilines is 1. The van der Waals surface area contributed by atoms with E-state index in [4.69, 9.17) is 10.5 Å². The molecule has 3 aromatic rings. The number of ether oxygens (including phenoxy) is 1. The monoisotopic (exact) mass is 709 g/mol. The third-order valence-corrected chi connectivity index (χ3v) is 5.60. The molecule has 0 spiro atoms. The summed E-state index contributed by atoms with van der Waals surface area (Å²) in [4.78, 5) is 27.4. The number of Topliss-reactive ketones (excluding diaryl/α,β-unsaturated/α-hetero) is 1. The Morgan fingerprint density at radius 3 is 2.26 bits per heavy atom. The van der Waals surface area contributed by atoms with Crippen LogP contribution in [0.2, 0.25) is 0 Å². The number of aromatic nitrogens is 2. The number of nitrogens with two attached hydrogens (primary N) is 1. The van der Waals surface area contributed by atoms with Crippen molar-refractivity contribution in [1.82, 2.24) is 9.55 Å². The molecule has 9 heteroatoms. The lowest BCUT2D eigenvalue weighted by atomic mass is 10.2. The first-order valence-electron chi connectivity index (χ1n) is 9.19. The van der Waals surface area contributed by atoms with Gasteiger partial charge in [-0.1, -0.05) is 40.2 Å². The van der Waals surface area contributed by atoms with Crippen molar-refractivity contribution in [2.75, 3.05) is 11.1 Å². The van der Waals surface area contributed by atoms with E-state index in [-0.39, 0.29) is 11.7 Å². The highest BCUT2D eigenvalue weighted by Gasteiger charge is 2.22. The maximum atomic E-state index is 12.2. The fourth-order valence-corrected chi connectivity index (χ4v) is 3.87. The summed E-state index contributed by atoms with van der Waals surface area (Å²) in [5, 5.41) is 0.396. The Bertz CT molecular complexity index is 1080. The molecule has 6 nitrogen and oxygen atoms in total. The Balaban J connectivity index is 0.000000262. The van der Waals surface area contributed by atoms with Crippen LogP contribution in [0.1, 0.15) is 31.1 Å². The molecule has 1 aromatic heterocycles. The van der Waals surface area contributed by atoms with Crippen molar-refractivity contribution in [1.29, 1.82) is 0 Å². The summed E-state index contributed by atoms with van der Waals surface area (Å²) in [7, 11) is 0. The summed E-state index contributed by atoms with van der Waals surface area (Å²) in [6.07, 6.45) is 1.05. The topological polar surface area (TPSA) is 87.2 Å². The van der Waals surface area contributed by atoms with Crippen LogP contribution in [0, 0.1) is 7.14 Å². The number of ketones is 1. The molecule has 0 radical (unpaired) electrons. The Hall–Kier alpha value is -1.47. The van der Waals surface area contributed by atoms with E-state index >= 15 is 0 Å². The molecule has 2 N–H and O–H groups in total. The number of imidazole rings is 1. The Morgan fingerprint density at radius 1 is 1.10 bits per heavy atom. The van der Waals surface area contributed by atoms with Gasteiger partial charge in [-0.3, -0.25) is 4.79 Å². The number of hydrogen-bond acceptors (Lipinski definition) is 5. The minimum atomic E-state index is -0.587. The van der Waals surface area contributed by atoms with Crippen LogP contribution in [0.25, 0.3) is 11.3 Å². The van der Waals surface area contributed by atoms with Gasteiger partial charge in [0, 0.05) is 18.3 Å². The molecule has 0 fully saturated rings. The van der Waals surface area contributed by atoms with Gasteiger partial charge in [-0.05, 0) is 90.2 Å². The molecule has 0 atom stereocenters. The lowest BCUT2D eigenvalue weighted by Crippen LogP contribution is -2.28. The van der Waals surface area contributed by atoms with Crippen LogP contribution in [0.5, 0.6) is 0 Å². The Kier molecular flexibility index (Phi) is 9.49. The largest absolute Gasteiger partial charge is 0.443 e. The van der Waals surface area contributed by atoms with Crippen LogP contribution in [-0.4, -0.2) is 32.4 Å². The van der Waals surface area contributed by atoms with Crippen molar-refractivity contribution >= 4 is 78.9 Å². The predicted octanol–water partition coefficient (Wildman–Crippen LogP) is 6.39. The second kappa shape index (κ2) is 11.4. The average molecular weight is 710 g/mol. The average Bonchev–Trinajstić information content (AvgIpc) is 3.08. The molecule has 0 saturated heterocycles. The maximum absolute atomic E-state index is 12.2. The number of carbonyl (C=O) groups is 2. The molecule has 0 saturated carbocycles. The molecule has 0 unspecified atom stereocenters. The maximum Gasteiger partial charge on any atom is 0.421 e. The molecule has 1 heterocycles. The van der Waals surface area contributed by atoms with Gasteiger partial charge in [-0.2, -0.15) is 0 Å².